The normalized spacial score (nSPS) is 10.8. The number of rotatable bonds is 2. The maximum absolute atomic E-state index is 10.6. The molecule has 16 heavy (non-hydrogen) atoms. The van der Waals surface area contributed by atoms with Crippen molar-refractivity contribution in [2.75, 3.05) is 0 Å². The van der Waals surface area contributed by atoms with E-state index < -0.39 is 0 Å². The summed E-state index contributed by atoms with van der Waals surface area (Å²) in [5.74, 6) is 0.107. The van der Waals surface area contributed by atoms with Crippen molar-refractivity contribution in [1.29, 1.82) is 0 Å². The van der Waals surface area contributed by atoms with Gasteiger partial charge in [-0.15, -0.1) is 0 Å². The molecule has 2 N–H and O–H groups in total. The summed E-state index contributed by atoms with van der Waals surface area (Å²) < 4.78 is 0. The Kier molecular flexibility index (Phi) is 3.66. The Hall–Kier alpha value is -1.84. The van der Waals surface area contributed by atoms with Crippen LogP contribution in [0.25, 0.3) is 0 Å². The standard InChI is InChI=1S/C12H16N2O2/c1-7-5-11(6-13-14-10(4)15)8(2)9(3)12(7)16/h5-6,16H,1-4H3,(H,14,15)/b13-6-. The van der Waals surface area contributed by atoms with Crippen LogP contribution in [0, 0.1) is 20.8 Å². The van der Waals surface area contributed by atoms with E-state index in [0.29, 0.717) is 5.75 Å². The summed E-state index contributed by atoms with van der Waals surface area (Å²) in [5.41, 5.74) is 5.82. The number of nitrogens with zero attached hydrogens (tertiary/aromatic N) is 1. The SMILES string of the molecule is CC(=O)N/N=C\c1cc(C)c(O)c(C)c1C. The summed E-state index contributed by atoms with van der Waals surface area (Å²) >= 11 is 0. The molecule has 0 saturated carbocycles. The number of aryl methyl sites for hydroxylation is 1. The average molecular weight is 220 g/mol. The Morgan fingerprint density at radius 2 is 2.00 bits per heavy atom. The van der Waals surface area contributed by atoms with Gasteiger partial charge in [0, 0.05) is 6.92 Å². The number of carbonyl (C=O) groups is 1. The van der Waals surface area contributed by atoms with E-state index >= 15 is 0 Å². The summed E-state index contributed by atoms with van der Waals surface area (Å²) in [6.07, 6.45) is 1.58. The molecule has 1 rings (SSSR count). The minimum atomic E-state index is -0.207. The van der Waals surface area contributed by atoms with Crippen LogP contribution in [0.2, 0.25) is 0 Å². The number of phenols is 1. The molecule has 0 radical (unpaired) electrons. The van der Waals surface area contributed by atoms with E-state index in [9.17, 15) is 9.90 Å². The summed E-state index contributed by atoms with van der Waals surface area (Å²) in [7, 11) is 0. The summed E-state index contributed by atoms with van der Waals surface area (Å²) in [6, 6.07) is 1.84. The van der Waals surface area contributed by atoms with Gasteiger partial charge in [0.2, 0.25) is 5.91 Å². The average Bonchev–Trinajstić information content (AvgIpc) is 2.22. The van der Waals surface area contributed by atoms with Crippen LogP contribution in [0.1, 0.15) is 29.2 Å². The van der Waals surface area contributed by atoms with E-state index in [1.54, 1.807) is 6.21 Å². The van der Waals surface area contributed by atoms with E-state index in [0.717, 1.165) is 22.3 Å². The number of hydrogen-bond donors (Lipinski definition) is 2. The molecule has 0 unspecified atom stereocenters. The molecule has 4 nitrogen and oxygen atoms in total. The summed E-state index contributed by atoms with van der Waals surface area (Å²) in [5, 5.41) is 13.5. The maximum atomic E-state index is 10.6. The Bertz CT molecular complexity index is 451. The van der Waals surface area contributed by atoms with Crippen molar-refractivity contribution in [3.63, 3.8) is 0 Å². The fourth-order valence-corrected chi connectivity index (χ4v) is 1.43. The summed E-state index contributed by atoms with van der Waals surface area (Å²) in [6.45, 7) is 6.99. The number of carbonyl (C=O) groups excluding carboxylic acids is 1. The van der Waals surface area contributed by atoms with E-state index in [1.807, 2.05) is 26.8 Å². The van der Waals surface area contributed by atoms with Crippen molar-refractivity contribution in [3.8, 4) is 5.75 Å². The highest BCUT2D eigenvalue weighted by molar-refractivity contribution is 5.84. The molecule has 1 aromatic carbocycles. The van der Waals surface area contributed by atoms with Crippen molar-refractivity contribution < 1.29 is 9.90 Å². The van der Waals surface area contributed by atoms with Crippen molar-refractivity contribution in [1.82, 2.24) is 5.43 Å². The van der Waals surface area contributed by atoms with Gasteiger partial charge in [-0.25, -0.2) is 5.43 Å². The molecule has 1 aromatic rings. The molecular formula is C12H16N2O2. The number of amides is 1. The Morgan fingerprint density at radius 3 is 2.56 bits per heavy atom. The second kappa shape index (κ2) is 4.79. The van der Waals surface area contributed by atoms with Gasteiger partial charge in [-0.2, -0.15) is 5.10 Å². The number of hydrazone groups is 1. The van der Waals surface area contributed by atoms with Gasteiger partial charge in [-0.3, -0.25) is 4.79 Å². The molecule has 0 saturated heterocycles. The lowest BCUT2D eigenvalue weighted by atomic mass is 9.99. The molecule has 0 spiro atoms. The molecule has 0 aliphatic heterocycles. The third-order valence-corrected chi connectivity index (χ3v) is 2.52. The number of phenolic OH excluding ortho intramolecular Hbond substituents is 1. The van der Waals surface area contributed by atoms with Gasteiger partial charge in [-0.05, 0) is 49.1 Å². The first kappa shape index (κ1) is 12.2. The lowest BCUT2D eigenvalue weighted by molar-refractivity contribution is -0.118. The second-order valence-corrected chi connectivity index (χ2v) is 3.81. The van der Waals surface area contributed by atoms with Gasteiger partial charge < -0.3 is 5.11 Å². The van der Waals surface area contributed by atoms with E-state index in [2.05, 4.69) is 10.5 Å². The first-order chi connectivity index (χ1) is 7.43. The minimum Gasteiger partial charge on any atom is -0.507 e. The molecule has 0 aromatic heterocycles. The van der Waals surface area contributed by atoms with Crippen LogP contribution >= 0.6 is 0 Å². The summed E-state index contributed by atoms with van der Waals surface area (Å²) in [4.78, 5) is 10.6. The minimum absolute atomic E-state index is 0.207. The molecule has 0 bridgehead atoms. The zero-order valence-corrected chi connectivity index (χ0v) is 9.96. The van der Waals surface area contributed by atoms with Gasteiger partial charge >= 0.3 is 0 Å². The van der Waals surface area contributed by atoms with Crippen LogP contribution in [-0.2, 0) is 4.79 Å². The van der Waals surface area contributed by atoms with Crippen molar-refractivity contribution in [2.45, 2.75) is 27.7 Å². The van der Waals surface area contributed by atoms with Crippen molar-refractivity contribution >= 4 is 12.1 Å². The molecule has 0 aliphatic rings. The lowest BCUT2D eigenvalue weighted by Crippen LogP contribution is -2.12. The predicted octanol–water partition coefficient (Wildman–Crippen LogP) is 1.79. The number of nitrogens with one attached hydrogen (secondary N) is 1. The zero-order chi connectivity index (χ0) is 12.3. The fraction of sp³-hybridized carbons (Fsp3) is 0.333. The molecule has 4 heteroatoms. The van der Waals surface area contributed by atoms with Crippen LogP contribution in [-0.4, -0.2) is 17.2 Å². The van der Waals surface area contributed by atoms with Crippen LogP contribution in [0.5, 0.6) is 5.75 Å². The maximum Gasteiger partial charge on any atom is 0.236 e. The van der Waals surface area contributed by atoms with Gasteiger partial charge in [0.25, 0.3) is 0 Å². The predicted molar refractivity (Wildman–Crippen MR) is 63.7 cm³/mol. The number of aromatic hydroxyl groups is 1. The second-order valence-electron chi connectivity index (χ2n) is 3.81. The van der Waals surface area contributed by atoms with Crippen molar-refractivity contribution in [3.05, 3.63) is 28.3 Å². The van der Waals surface area contributed by atoms with E-state index in [1.165, 1.54) is 6.92 Å². The monoisotopic (exact) mass is 220 g/mol. The first-order valence-electron chi connectivity index (χ1n) is 5.03. The van der Waals surface area contributed by atoms with E-state index in [4.69, 9.17) is 0 Å². The zero-order valence-electron chi connectivity index (χ0n) is 9.96. The van der Waals surface area contributed by atoms with Crippen LogP contribution in [0.15, 0.2) is 11.2 Å². The quantitative estimate of drug-likeness (QED) is 0.589. The first-order valence-corrected chi connectivity index (χ1v) is 5.03. The van der Waals surface area contributed by atoms with Crippen LogP contribution in [0.4, 0.5) is 0 Å². The highest BCUT2D eigenvalue weighted by atomic mass is 16.3. The molecule has 0 atom stereocenters. The molecule has 1 amide bonds. The van der Waals surface area contributed by atoms with Gasteiger partial charge in [-0.1, -0.05) is 0 Å². The lowest BCUT2D eigenvalue weighted by Gasteiger charge is -2.09. The third-order valence-electron chi connectivity index (χ3n) is 2.52. The molecule has 86 valence electrons. The topological polar surface area (TPSA) is 61.7 Å². The molecule has 0 aliphatic carbocycles. The number of hydrogen-bond acceptors (Lipinski definition) is 3. The highest BCUT2D eigenvalue weighted by Crippen LogP contribution is 2.26. The van der Waals surface area contributed by atoms with Crippen LogP contribution < -0.4 is 5.43 Å². The van der Waals surface area contributed by atoms with Gasteiger partial charge in [0.1, 0.15) is 5.75 Å². The Balaban J connectivity index is 3.06. The molecule has 0 fully saturated rings. The molecule has 0 heterocycles. The fourth-order valence-electron chi connectivity index (χ4n) is 1.43. The van der Waals surface area contributed by atoms with Gasteiger partial charge in [0.05, 0.1) is 6.21 Å². The number of benzene rings is 1. The van der Waals surface area contributed by atoms with E-state index in [-0.39, 0.29) is 5.91 Å². The third kappa shape index (κ3) is 2.59. The van der Waals surface area contributed by atoms with Crippen LogP contribution in [0.3, 0.4) is 0 Å². The highest BCUT2D eigenvalue weighted by Gasteiger charge is 2.07. The Labute approximate surface area is 95.0 Å². The van der Waals surface area contributed by atoms with Crippen molar-refractivity contribution in [2.24, 2.45) is 5.10 Å². The van der Waals surface area contributed by atoms with Gasteiger partial charge in [0.15, 0.2) is 0 Å². The molecular weight excluding hydrogens is 204 g/mol. The smallest absolute Gasteiger partial charge is 0.236 e. The largest absolute Gasteiger partial charge is 0.507 e. The Morgan fingerprint density at radius 1 is 1.38 bits per heavy atom.